The highest BCUT2D eigenvalue weighted by Crippen LogP contribution is 2.37. The average Bonchev–Trinajstić information content (AvgIpc) is 3.42. The number of aliphatic hydroxyl groups is 1. The normalized spacial score (nSPS) is 19.5. The lowest BCUT2D eigenvalue weighted by molar-refractivity contribution is 0.101. The zero-order chi connectivity index (χ0) is 32.4. The van der Waals surface area contributed by atoms with Gasteiger partial charge in [-0.15, -0.1) is 0 Å². The topological polar surface area (TPSA) is 109 Å². The smallest absolute Gasteiger partial charge is 0.261 e. The number of fused-ring (bicyclic) bond motifs is 1. The second-order valence-electron chi connectivity index (χ2n) is 12.9. The van der Waals surface area contributed by atoms with E-state index in [0.717, 1.165) is 62.9 Å². The first-order chi connectivity index (χ1) is 22.2. The number of anilines is 1. The number of aromatic nitrogens is 4. The third-order valence-corrected chi connectivity index (χ3v) is 9.48. The van der Waals surface area contributed by atoms with Gasteiger partial charge in [-0.2, -0.15) is 0 Å². The number of likely N-dealkylation sites (tertiary alicyclic amines) is 1. The number of rotatable bonds is 9. The Morgan fingerprint density at radius 3 is 2.57 bits per heavy atom. The molecule has 10 nitrogen and oxygen atoms in total. The molecule has 3 aromatic heterocycles. The number of nitrogens with one attached hydrogen (secondary N) is 1. The van der Waals surface area contributed by atoms with Gasteiger partial charge in [0.15, 0.2) is 5.82 Å². The van der Waals surface area contributed by atoms with Crippen molar-refractivity contribution >= 4 is 22.9 Å². The lowest BCUT2D eigenvalue weighted by Gasteiger charge is -2.33. The van der Waals surface area contributed by atoms with Crippen LogP contribution in [0.2, 0.25) is 0 Å². The highest BCUT2D eigenvalue weighted by atomic mass is 19.1. The fourth-order valence-electron chi connectivity index (χ4n) is 6.88. The molecule has 0 spiro atoms. The molecule has 6 rings (SSSR count). The van der Waals surface area contributed by atoms with Crippen LogP contribution in [0.5, 0.6) is 5.75 Å². The number of halogens is 1. The van der Waals surface area contributed by atoms with Gasteiger partial charge in [0.05, 0.1) is 35.4 Å². The van der Waals surface area contributed by atoms with Crippen LogP contribution in [-0.4, -0.2) is 93.8 Å². The zero-order valence-electron chi connectivity index (χ0n) is 27.2. The number of ether oxygens (including phenoxy) is 1. The summed E-state index contributed by atoms with van der Waals surface area (Å²) in [5.41, 5.74) is 3.73. The van der Waals surface area contributed by atoms with Crippen LogP contribution in [0.3, 0.4) is 0 Å². The molecule has 2 N–H and O–H groups in total. The van der Waals surface area contributed by atoms with Crippen LogP contribution in [0.25, 0.3) is 22.3 Å². The highest BCUT2D eigenvalue weighted by Gasteiger charge is 2.29. The number of aliphatic hydroxyl groups excluding tert-OH is 1. The summed E-state index contributed by atoms with van der Waals surface area (Å²) in [6.07, 6.45) is 7.78. The maximum absolute atomic E-state index is 16.0. The van der Waals surface area contributed by atoms with Crippen molar-refractivity contribution in [3.63, 3.8) is 0 Å². The van der Waals surface area contributed by atoms with Crippen molar-refractivity contribution in [2.75, 3.05) is 52.7 Å². The van der Waals surface area contributed by atoms with E-state index in [1.165, 1.54) is 24.9 Å². The summed E-state index contributed by atoms with van der Waals surface area (Å²) in [5, 5.41) is 13.2. The Morgan fingerprint density at radius 1 is 1.09 bits per heavy atom. The zero-order valence-corrected chi connectivity index (χ0v) is 27.2. The number of imidazole rings is 1. The predicted octanol–water partition coefficient (Wildman–Crippen LogP) is 5.42. The van der Waals surface area contributed by atoms with E-state index < -0.39 is 11.7 Å². The van der Waals surface area contributed by atoms with E-state index in [4.69, 9.17) is 9.72 Å². The van der Waals surface area contributed by atoms with Crippen LogP contribution in [-0.2, 0) is 0 Å². The van der Waals surface area contributed by atoms with Gasteiger partial charge in [0, 0.05) is 37.2 Å². The quantitative estimate of drug-likeness (QED) is 0.253. The van der Waals surface area contributed by atoms with Crippen LogP contribution in [0.4, 0.5) is 10.3 Å². The number of nitrogens with zero attached hydrogens (tertiary/aromatic N) is 6. The Kier molecular flexibility index (Phi) is 9.62. The molecule has 46 heavy (non-hydrogen) atoms. The van der Waals surface area contributed by atoms with Crippen molar-refractivity contribution in [1.82, 2.24) is 29.3 Å². The van der Waals surface area contributed by atoms with Crippen LogP contribution in [0.15, 0.2) is 42.7 Å². The number of likely N-dealkylation sites (N-methyl/N-ethyl adjacent to an activating group) is 1. The Labute approximate surface area is 269 Å². The number of carbonyl (C=O) groups is 1. The molecular formula is C35H44FN7O3. The number of aryl methyl sites for hydroxylation is 1. The number of carbonyl (C=O) groups excluding carboxylic acids is 1. The van der Waals surface area contributed by atoms with Gasteiger partial charge in [0.1, 0.15) is 11.4 Å². The largest absolute Gasteiger partial charge is 0.496 e. The molecule has 2 fully saturated rings. The molecule has 1 saturated heterocycles. The number of piperidine rings is 1. The summed E-state index contributed by atoms with van der Waals surface area (Å²) in [4.78, 5) is 31.9. The number of hydrogen-bond acceptors (Lipinski definition) is 8. The Morgan fingerprint density at radius 2 is 1.85 bits per heavy atom. The molecule has 1 aliphatic carbocycles. The first kappa shape index (κ1) is 32.0. The van der Waals surface area contributed by atoms with Crippen LogP contribution < -0.4 is 10.1 Å². The summed E-state index contributed by atoms with van der Waals surface area (Å²) in [5.74, 6) is -0.116. The van der Waals surface area contributed by atoms with Crippen molar-refractivity contribution in [2.24, 2.45) is 0 Å². The summed E-state index contributed by atoms with van der Waals surface area (Å²) < 4.78 is 23.5. The van der Waals surface area contributed by atoms with Gasteiger partial charge in [-0.1, -0.05) is 6.07 Å². The Bertz CT molecular complexity index is 1690. The van der Waals surface area contributed by atoms with Gasteiger partial charge in [-0.05, 0) is 108 Å². The van der Waals surface area contributed by atoms with E-state index in [-0.39, 0.29) is 23.4 Å². The maximum Gasteiger partial charge on any atom is 0.261 e. The summed E-state index contributed by atoms with van der Waals surface area (Å²) in [6, 6.07) is 9.56. The number of pyridine rings is 2. The molecule has 1 amide bonds. The van der Waals surface area contributed by atoms with E-state index in [1.807, 2.05) is 6.07 Å². The molecular weight excluding hydrogens is 585 g/mol. The first-order valence-electron chi connectivity index (χ1n) is 16.3. The summed E-state index contributed by atoms with van der Waals surface area (Å²) >= 11 is 0. The fourth-order valence-corrected chi connectivity index (χ4v) is 6.88. The number of amides is 1. The minimum Gasteiger partial charge on any atom is -0.496 e. The number of hydrogen-bond donors (Lipinski definition) is 2. The Balaban J connectivity index is 1.32. The number of benzene rings is 1. The molecule has 2 aliphatic rings. The van der Waals surface area contributed by atoms with Crippen molar-refractivity contribution < 1.29 is 19.0 Å². The average molecular weight is 630 g/mol. The molecule has 1 aliphatic heterocycles. The molecule has 0 unspecified atom stereocenters. The molecule has 0 radical (unpaired) electrons. The predicted molar refractivity (Wildman–Crippen MR) is 177 cm³/mol. The standard InChI is InChI=1S/C35H44FN7O3/c1-22-19-27(32(36)33(38-22)28-21-37-14-11-31(28)46-4)34(45)40-35-39-29-10-5-24(23-12-15-42(16-13-23)18-17-41(2)3)20-30(29)43(35)25-6-8-26(44)9-7-25/h5,10-11,14,19-21,23,25-26,44H,6-9,12-13,15-18H2,1-4H3,(H,39,40,45). The molecule has 11 heteroatoms. The lowest BCUT2D eigenvalue weighted by Crippen LogP contribution is -2.37. The van der Waals surface area contributed by atoms with Gasteiger partial charge in [-0.25, -0.2) is 14.4 Å². The highest BCUT2D eigenvalue weighted by molar-refractivity contribution is 6.05. The molecule has 0 bridgehead atoms. The SMILES string of the molecule is COc1ccncc1-c1nc(C)cc(C(=O)Nc2nc3ccc(C4CCN(CCN(C)C)CC4)cc3n2C2CCC(O)CC2)c1F. The molecule has 1 aromatic carbocycles. The fraction of sp³-hybridized carbons (Fsp3) is 0.486. The third kappa shape index (κ3) is 6.77. The second-order valence-corrected chi connectivity index (χ2v) is 12.9. The van der Waals surface area contributed by atoms with Gasteiger partial charge in [0.25, 0.3) is 5.91 Å². The van der Waals surface area contributed by atoms with Crippen molar-refractivity contribution in [3.8, 4) is 17.0 Å². The maximum atomic E-state index is 16.0. The van der Waals surface area contributed by atoms with Gasteiger partial charge in [0.2, 0.25) is 5.95 Å². The first-order valence-corrected chi connectivity index (χ1v) is 16.3. The van der Waals surface area contributed by atoms with Crippen LogP contribution in [0, 0.1) is 12.7 Å². The van der Waals surface area contributed by atoms with Crippen molar-refractivity contribution in [3.05, 3.63) is 65.4 Å². The number of methoxy groups -OCH3 is 1. The monoisotopic (exact) mass is 629 g/mol. The van der Waals surface area contributed by atoms with E-state index in [2.05, 4.69) is 55.9 Å². The van der Waals surface area contributed by atoms with Crippen molar-refractivity contribution in [2.45, 2.75) is 63.5 Å². The summed E-state index contributed by atoms with van der Waals surface area (Å²) in [7, 11) is 5.72. The van der Waals surface area contributed by atoms with Gasteiger partial charge < -0.3 is 24.2 Å². The molecule has 4 aromatic rings. The van der Waals surface area contributed by atoms with Gasteiger partial charge >= 0.3 is 0 Å². The van der Waals surface area contributed by atoms with E-state index in [1.54, 1.807) is 19.2 Å². The van der Waals surface area contributed by atoms with Crippen molar-refractivity contribution in [1.29, 1.82) is 0 Å². The molecule has 0 atom stereocenters. The van der Waals surface area contributed by atoms with E-state index in [9.17, 15) is 9.90 Å². The molecule has 1 saturated carbocycles. The summed E-state index contributed by atoms with van der Waals surface area (Å²) in [6.45, 7) is 6.00. The van der Waals surface area contributed by atoms with E-state index in [0.29, 0.717) is 41.7 Å². The minimum absolute atomic E-state index is 0.00211. The van der Waals surface area contributed by atoms with Crippen LogP contribution >= 0.6 is 0 Å². The van der Waals surface area contributed by atoms with Gasteiger partial charge in [-0.3, -0.25) is 15.1 Å². The minimum atomic E-state index is -0.753. The van der Waals surface area contributed by atoms with E-state index >= 15 is 4.39 Å². The second kappa shape index (κ2) is 13.8. The van der Waals surface area contributed by atoms with Crippen LogP contribution in [0.1, 0.15) is 72.1 Å². The third-order valence-electron chi connectivity index (χ3n) is 9.48. The Hall–Kier alpha value is -3.93. The molecule has 4 heterocycles. The molecule has 244 valence electrons. The lowest BCUT2D eigenvalue weighted by atomic mass is 9.89.